The molecule has 0 saturated carbocycles. The van der Waals surface area contributed by atoms with Crippen molar-refractivity contribution in [2.24, 2.45) is 0 Å². The minimum atomic E-state index is -0.310. The number of piperidine rings is 1. The smallest absolute Gasteiger partial charge is 0.409 e. The van der Waals surface area contributed by atoms with Crippen LogP contribution in [0.5, 0.6) is 0 Å². The number of likely N-dealkylation sites (tertiary alicyclic amines) is 1. The van der Waals surface area contributed by atoms with E-state index in [1.54, 1.807) is 54.4 Å². The van der Waals surface area contributed by atoms with E-state index in [0.29, 0.717) is 42.3 Å². The molecule has 1 saturated heterocycles. The fraction of sp³-hybridized carbons (Fsp3) is 0.333. The number of carbonyl (C=O) groups is 2. The largest absolute Gasteiger partial charge is 0.450 e. The molecule has 150 valence electrons. The lowest BCUT2D eigenvalue weighted by Gasteiger charge is -2.31. The van der Waals surface area contributed by atoms with Crippen molar-refractivity contribution in [3.8, 4) is 6.07 Å². The molecule has 29 heavy (non-hydrogen) atoms. The molecule has 1 aliphatic rings. The number of nitriles is 1. The van der Waals surface area contributed by atoms with Gasteiger partial charge in [0, 0.05) is 30.9 Å². The van der Waals surface area contributed by atoms with Gasteiger partial charge in [0.05, 0.1) is 17.9 Å². The molecule has 0 radical (unpaired) electrons. The SMILES string of the molecule is CCOC(=O)N1CCC(Nc2cc(C(=O)Nc3ccccc3C#N)ccn2)CC1. The van der Waals surface area contributed by atoms with Gasteiger partial charge in [0.15, 0.2) is 0 Å². The fourth-order valence-electron chi connectivity index (χ4n) is 3.17. The molecule has 1 aromatic carbocycles. The predicted octanol–water partition coefficient (Wildman–Crippen LogP) is 3.24. The average molecular weight is 393 g/mol. The lowest BCUT2D eigenvalue weighted by molar-refractivity contribution is 0.0981. The molecule has 3 rings (SSSR count). The van der Waals surface area contributed by atoms with Gasteiger partial charge in [-0.2, -0.15) is 5.26 Å². The van der Waals surface area contributed by atoms with E-state index in [2.05, 4.69) is 21.7 Å². The first kappa shape index (κ1) is 20.1. The van der Waals surface area contributed by atoms with Crippen molar-refractivity contribution in [3.05, 3.63) is 53.7 Å². The second-order valence-corrected chi connectivity index (χ2v) is 6.65. The summed E-state index contributed by atoms with van der Waals surface area (Å²) in [6.45, 7) is 3.39. The first-order valence-corrected chi connectivity index (χ1v) is 9.55. The number of benzene rings is 1. The van der Waals surface area contributed by atoms with Crippen molar-refractivity contribution in [2.45, 2.75) is 25.8 Å². The molecule has 2 heterocycles. The van der Waals surface area contributed by atoms with E-state index < -0.39 is 0 Å². The highest BCUT2D eigenvalue weighted by Gasteiger charge is 2.23. The van der Waals surface area contributed by atoms with Gasteiger partial charge in [0.2, 0.25) is 0 Å². The van der Waals surface area contributed by atoms with Crippen molar-refractivity contribution in [1.29, 1.82) is 5.26 Å². The number of aromatic nitrogens is 1. The van der Waals surface area contributed by atoms with Crippen molar-refractivity contribution in [3.63, 3.8) is 0 Å². The van der Waals surface area contributed by atoms with Gasteiger partial charge in [-0.25, -0.2) is 9.78 Å². The van der Waals surface area contributed by atoms with E-state index in [9.17, 15) is 9.59 Å². The summed E-state index contributed by atoms with van der Waals surface area (Å²) in [6.07, 6.45) is 2.83. The maximum absolute atomic E-state index is 12.6. The van der Waals surface area contributed by atoms with E-state index in [1.807, 2.05) is 0 Å². The molecule has 0 bridgehead atoms. The van der Waals surface area contributed by atoms with Crippen LogP contribution in [0.15, 0.2) is 42.6 Å². The van der Waals surface area contributed by atoms with Crippen LogP contribution in [-0.4, -0.2) is 47.6 Å². The van der Waals surface area contributed by atoms with Gasteiger partial charge in [0.25, 0.3) is 5.91 Å². The Morgan fingerprint density at radius 1 is 1.28 bits per heavy atom. The van der Waals surface area contributed by atoms with Crippen LogP contribution in [-0.2, 0) is 4.74 Å². The molecule has 8 heteroatoms. The van der Waals surface area contributed by atoms with Gasteiger partial charge in [-0.1, -0.05) is 12.1 Å². The summed E-state index contributed by atoms with van der Waals surface area (Å²) in [4.78, 5) is 30.3. The molecular weight excluding hydrogens is 370 g/mol. The van der Waals surface area contributed by atoms with Gasteiger partial charge < -0.3 is 20.3 Å². The van der Waals surface area contributed by atoms with Crippen LogP contribution >= 0.6 is 0 Å². The number of nitrogens with zero attached hydrogens (tertiary/aromatic N) is 3. The first-order valence-electron chi connectivity index (χ1n) is 9.55. The molecule has 0 aliphatic carbocycles. The Morgan fingerprint density at radius 2 is 2.03 bits per heavy atom. The topological polar surface area (TPSA) is 107 Å². The second-order valence-electron chi connectivity index (χ2n) is 6.65. The quantitative estimate of drug-likeness (QED) is 0.807. The maximum atomic E-state index is 12.6. The normalized spacial score (nSPS) is 14.0. The van der Waals surface area contributed by atoms with Crippen LogP contribution in [0.25, 0.3) is 0 Å². The van der Waals surface area contributed by atoms with Gasteiger partial charge in [-0.15, -0.1) is 0 Å². The Balaban J connectivity index is 1.59. The van der Waals surface area contributed by atoms with Gasteiger partial charge in [0.1, 0.15) is 11.9 Å². The minimum absolute atomic E-state index is 0.158. The summed E-state index contributed by atoms with van der Waals surface area (Å²) in [5, 5.41) is 15.3. The van der Waals surface area contributed by atoms with Crippen LogP contribution in [0.2, 0.25) is 0 Å². The zero-order valence-corrected chi connectivity index (χ0v) is 16.2. The van der Waals surface area contributed by atoms with Crippen molar-refractivity contribution >= 4 is 23.5 Å². The van der Waals surface area contributed by atoms with Crippen molar-refractivity contribution in [2.75, 3.05) is 30.3 Å². The van der Waals surface area contributed by atoms with Gasteiger partial charge >= 0.3 is 6.09 Å². The highest BCUT2D eigenvalue weighted by molar-refractivity contribution is 6.05. The molecule has 1 aliphatic heterocycles. The number of hydrogen-bond donors (Lipinski definition) is 2. The maximum Gasteiger partial charge on any atom is 0.409 e. The molecule has 1 fully saturated rings. The van der Waals surface area contributed by atoms with E-state index in [-0.39, 0.29) is 18.0 Å². The summed E-state index contributed by atoms with van der Waals surface area (Å²) in [5.74, 6) is 0.288. The first-order chi connectivity index (χ1) is 14.1. The summed E-state index contributed by atoms with van der Waals surface area (Å²) in [7, 11) is 0. The molecule has 2 aromatic rings. The molecule has 2 N–H and O–H groups in total. The molecule has 2 amide bonds. The van der Waals surface area contributed by atoms with E-state index in [4.69, 9.17) is 10.00 Å². The highest BCUT2D eigenvalue weighted by Crippen LogP contribution is 2.18. The van der Waals surface area contributed by atoms with Crippen LogP contribution in [0, 0.1) is 11.3 Å². The lowest BCUT2D eigenvalue weighted by Crippen LogP contribution is -2.42. The molecule has 8 nitrogen and oxygen atoms in total. The Morgan fingerprint density at radius 3 is 2.76 bits per heavy atom. The standard InChI is InChI=1S/C21H23N5O3/c1-2-29-21(28)26-11-8-17(9-12-26)24-19-13-15(7-10-23-19)20(27)25-18-6-4-3-5-16(18)14-22/h3-7,10,13,17H,2,8-9,11-12H2,1H3,(H,23,24)(H,25,27). The number of rotatable bonds is 5. The highest BCUT2D eigenvalue weighted by atomic mass is 16.6. The third-order valence-corrected chi connectivity index (χ3v) is 4.69. The van der Waals surface area contributed by atoms with Gasteiger partial charge in [-0.3, -0.25) is 4.79 Å². The minimum Gasteiger partial charge on any atom is -0.450 e. The molecule has 0 atom stereocenters. The second kappa shape index (κ2) is 9.55. The number of para-hydroxylation sites is 1. The predicted molar refractivity (Wildman–Crippen MR) is 109 cm³/mol. The van der Waals surface area contributed by atoms with E-state index in [1.165, 1.54) is 0 Å². The number of pyridine rings is 1. The molecule has 0 spiro atoms. The lowest BCUT2D eigenvalue weighted by atomic mass is 10.1. The number of nitrogens with one attached hydrogen (secondary N) is 2. The van der Waals surface area contributed by atoms with Crippen LogP contribution in [0.4, 0.5) is 16.3 Å². The number of amides is 2. The fourth-order valence-corrected chi connectivity index (χ4v) is 3.17. The van der Waals surface area contributed by atoms with Crippen molar-refractivity contribution in [1.82, 2.24) is 9.88 Å². The summed E-state index contributed by atoms with van der Waals surface area (Å²) in [5.41, 5.74) is 1.32. The number of anilines is 2. The van der Waals surface area contributed by atoms with E-state index >= 15 is 0 Å². The monoisotopic (exact) mass is 393 g/mol. The third kappa shape index (κ3) is 5.23. The zero-order chi connectivity index (χ0) is 20.6. The molecule has 1 aromatic heterocycles. The Labute approximate surface area is 169 Å². The Kier molecular flexibility index (Phi) is 6.63. The summed E-state index contributed by atoms with van der Waals surface area (Å²) in [6, 6.07) is 12.4. The number of ether oxygens (including phenoxy) is 1. The number of hydrogen-bond acceptors (Lipinski definition) is 6. The molecular formula is C21H23N5O3. The summed E-state index contributed by atoms with van der Waals surface area (Å²) >= 11 is 0. The summed E-state index contributed by atoms with van der Waals surface area (Å²) < 4.78 is 5.03. The van der Waals surface area contributed by atoms with Crippen LogP contribution in [0.1, 0.15) is 35.7 Å². The van der Waals surface area contributed by atoms with Gasteiger partial charge in [-0.05, 0) is 44.0 Å². The van der Waals surface area contributed by atoms with E-state index in [0.717, 1.165) is 12.8 Å². The zero-order valence-electron chi connectivity index (χ0n) is 16.2. The number of carbonyl (C=O) groups excluding carboxylic acids is 2. The van der Waals surface area contributed by atoms with Crippen molar-refractivity contribution < 1.29 is 14.3 Å². The van der Waals surface area contributed by atoms with Crippen LogP contribution in [0.3, 0.4) is 0 Å². The van der Waals surface area contributed by atoms with Crippen LogP contribution < -0.4 is 10.6 Å². The average Bonchev–Trinajstić information content (AvgIpc) is 2.75. The Bertz CT molecular complexity index is 917. The third-order valence-electron chi connectivity index (χ3n) is 4.69. The molecule has 0 unspecified atom stereocenters. The Hall–Kier alpha value is -3.60.